The van der Waals surface area contributed by atoms with E-state index in [0.29, 0.717) is 18.8 Å². The number of hydrogen-bond acceptors (Lipinski definition) is 4. The summed E-state index contributed by atoms with van der Waals surface area (Å²) < 4.78 is 1.93. The maximum absolute atomic E-state index is 11.7. The number of urea groups is 1. The summed E-state index contributed by atoms with van der Waals surface area (Å²) in [5.74, 6) is 0.737. The molecule has 0 bridgehead atoms. The summed E-state index contributed by atoms with van der Waals surface area (Å²) in [7, 11) is 0. The Morgan fingerprint density at radius 1 is 1.24 bits per heavy atom. The lowest BCUT2D eigenvalue weighted by molar-refractivity contribution is 0.231. The average Bonchev–Trinajstić information content (AvgIpc) is 2.86. The summed E-state index contributed by atoms with van der Waals surface area (Å²) in [6, 6.07) is -0.177. The van der Waals surface area contributed by atoms with E-state index in [1.807, 2.05) is 31.5 Å². The molecule has 2 rings (SSSR count). The van der Waals surface area contributed by atoms with Crippen LogP contribution in [0.4, 0.5) is 4.79 Å². The molecule has 2 N–H and O–H groups in total. The highest BCUT2D eigenvalue weighted by Crippen LogP contribution is 2.12. The molecule has 0 aliphatic rings. The average molecular weight is 288 g/mol. The van der Waals surface area contributed by atoms with Crippen LogP contribution in [0.15, 0.2) is 31.0 Å². The van der Waals surface area contributed by atoms with Crippen LogP contribution in [0.3, 0.4) is 0 Å². The Balaban J connectivity index is 1.91. The first-order valence-corrected chi connectivity index (χ1v) is 6.79. The summed E-state index contributed by atoms with van der Waals surface area (Å²) in [6.45, 7) is 6.94. The molecule has 7 nitrogen and oxygen atoms in total. The van der Waals surface area contributed by atoms with Gasteiger partial charge in [0.2, 0.25) is 0 Å². The summed E-state index contributed by atoms with van der Waals surface area (Å²) in [6.07, 6.45) is 8.48. The third-order valence-corrected chi connectivity index (χ3v) is 2.63. The number of nitrogens with zero attached hydrogens (tertiary/aromatic N) is 4. The summed E-state index contributed by atoms with van der Waals surface area (Å²) in [5.41, 5.74) is 0.464. The van der Waals surface area contributed by atoms with Gasteiger partial charge in [0.05, 0.1) is 6.20 Å². The lowest BCUT2D eigenvalue weighted by Gasteiger charge is -2.20. The fourth-order valence-corrected chi connectivity index (χ4v) is 1.81. The molecule has 0 aliphatic heterocycles. The van der Waals surface area contributed by atoms with E-state index in [2.05, 4.69) is 25.6 Å². The molecule has 112 valence electrons. The van der Waals surface area contributed by atoms with Crippen LogP contribution in [0.25, 0.3) is 11.5 Å². The molecule has 2 heterocycles. The molecule has 0 aromatic carbocycles. The predicted molar refractivity (Wildman–Crippen MR) is 79.5 cm³/mol. The fourth-order valence-electron chi connectivity index (χ4n) is 1.81. The Kier molecular flexibility index (Phi) is 4.52. The minimum absolute atomic E-state index is 0.177. The minimum Gasteiger partial charge on any atom is -0.336 e. The van der Waals surface area contributed by atoms with Crippen molar-refractivity contribution in [2.24, 2.45) is 0 Å². The smallest absolute Gasteiger partial charge is 0.315 e. The fraction of sp³-hybridized carbons (Fsp3) is 0.429. The monoisotopic (exact) mass is 288 g/mol. The highest BCUT2D eigenvalue weighted by molar-refractivity contribution is 5.74. The van der Waals surface area contributed by atoms with E-state index in [4.69, 9.17) is 0 Å². The molecule has 2 aromatic heterocycles. The normalized spacial score (nSPS) is 11.2. The zero-order valence-corrected chi connectivity index (χ0v) is 12.5. The van der Waals surface area contributed by atoms with Crippen molar-refractivity contribution < 1.29 is 4.79 Å². The van der Waals surface area contributed by atoms with E-state index in [-0.39, 0.29) is 11.6 Å². The van der Waals surface area contributed by atoms with Crippen molar-refractivity contribution in [1.29, 1.82) is 0 Å². The molecule has 0 fully saturated rings. The number of amides is 2. The molecule has 7 heteroatoms. The summed E-state index contributed by atoms with van der Waals surface area (Å²) >= 11 is 0. The molecule has 2 aromatic rings. The van der Waals surface area contributed by atoms with E-state index in [0.717, 1.165) is 5.82 Å². The van der Waals surface area contributed by atoms with E-state index in [1.54, 1.807) is 24.8 Å². The molecular weight excluding hydrogens is 268 g/mol. The molecule has 0 radical (unpaired) electrons. The van der Waals surface area contributed by atoms with Gasteiger partial charge in [-0.15, -0.1) is 0 Å². The lowest BCUT2D eigenvalue weighted by atomic mass is 10.1. The first-order chi connectivity index (χ1) is 9.96. The Labute approximate surface area is 123 Å². The second-order valence-electron chi connectivity index (χ2n) is 5.67. The van der Waals surface area contributed by atoms with Crippen molar-refractivity contribution >= 4 is 6.03 Å². The van der Waals surface area contributed by atoms with Gasteiger partial charge < -0.3 is 15.2 Å². The third kappa shape index (κ3) is 4.55. The second-order valence-corrected chi connectivity index (χ2v) is 5.67. The van der Waals surface area contributed by atoms with Crippen LogP contribution in [-0.2, 0) is 6.54 Å². The molecule has 21 heavy (non-hydrogen) atoms. The topological polar surface area (TPSA) is 84.7 Å². The molecule has 0 atom stereocenters. The largest absolute Gasteiger partial charge is 0.336 e. The summed E-state index contributed by atoms with van der Waals surface area (Å²) in [5, 5.41) is 5.67. The molecule has 0 unspecified atom stereocenters. The zero-order valence-electron chi connectivity index (χ0n) is 12.5. The molecule has 0 saturated carbocycles. The van der Waals surface area contributed by atoms with Gasteiger partial charge in [-0.25, -0.2) is 14.8 Å². The number of rotatable bonds is 4. The Bertz CT molecular complexity index is 587. The van der Waals surface area contributed by atoms with Crippen molar-refractivity contribution in [3.8, 4) is 11.5 Å². The third-order valence-electron chi connectivity index (χ3n) is 2.63. The first-order valence-electron chi connectivity index (χ1n) is 6.79. The summed E-state index contributed by atoms with van der Waals surface area (Å²) in [4.78, 5) is 24.2. The van der Waals surface area contributed by atoms with Crippen molar-refractivity contribution in [3.63, 3.8) is 0 Å². The van der Waals surface area contributed by atoms with Crippen molar-refractivity contribution in [2.45, 2.75) is 32.9 Å². The van der Waals surface area contributed by atoms with Crippen molar-refractivity contribution in [1.82, 2.24) is 30.2 Å². The van der Waals surface area contributed by atoms with E-state index >= 15 is 0 Å². The second kappa shape index (κ2) is 6.34. The van der Waals surface area contributed by atoms with Gasteiger partial charge in [-0.3, -0.25) is 4.98 Å². The van der Waals surface area contributed by atoms with Crippen LogP contribution in [-0.4, -0.2) is 37.6 Å². The number of imidazole rings is 1. The van der Waals surface area contributed by atoms with Crippen LogP contribution in [0.5, 0.6) is 0 Å². The van der Waals surface area contributed by atoms with Gasteiger partial charge in [-0.2, -0.15) is 0 Å². The van der Waals surface area contributed by atoms with Crippen LogP contribution >= 0.6 is 0 Å². The maximum atomic E-state index is 11.7. The minimum atomic E-state index is -0.246. The number of nitrogens with one attached hydrogen (secondary N) is 2. The van der Waals surface area contributed by atoms with Crippen LogP contribution in [0.1, 0.15) is 20.8 Å². The number of carbonyl (C=O) groups is 1. The van der Waals surface area contributed by atoms with Crippen molar-refractivity contribution in [2.75, 3.05) is 6.54 Å². The highest BCUT2D eigenvalue weighted by atomic mass is 16.2. The van der Waals surface area contributed by atoms with E-state index in [9.17, 15) is 4.79 Å². The molecule has 0 aliphatic carbocycles. The van der Waals surface area contributed by atoms with Gasteiger partial charge in [-0.1, -0.05) is 0 Å². The van der Waals surface area contributed by atoms with E-state index in [1.165, 1.54) is 0 Å². The first kappa shape index (κ1) is 15.0. The van der Waals surface area contributed by atoms with E-state index < -0.39 is 0 Å². The van der Waals surface area contributed by atoms with Crippen LogP contribution < -0.4 is 10.6 Å². The standard InChI is InChI=1S/C14H20N6O/c1-14(2,3)19-13(21)18-7-9-20-8-6-17-12(20)11-10-15-4-5-16-11/h4-6,8,10H,7,9H2,1-3H3,(H2,18,19,21). The molecule has 0 saturated heterocycles. The number of hydrogen-bond donors (Lipinski definition) is 2. The van der Waals surface area contributed by atoms with Crippen molar-refractivity contribution in [3.05, 3.63) is 31.0 Å². The predicted octanol–water partition coefficient (Wildman–Crippen LogP) is 1.44. The Morgan fingerprint density at radius 2 is 2.05 bits per heavy atom. The Morgan fingerprint density at radius 3 is 2.71 bits per heavy atom. The zero-order chi connectivity index (χ0) is 15.3. The Hall–Kier alpha value is -2.44. The molecule has 0 spiro atoms. The van der Waals surface area contributed by atoms with Crippen LogP contribution in [0.2, 0.25) is 0 Å². The van der Waals surface area contributed by atoms with Gasteiger partial charge in [0.15, 0.2) is 5.82 Å². The van der Waals surface area contributed by atoms with Gasteiger partial charge in [0.1, 0.15) is 5.69 Å². The SMILES string of the molecule is CC(C)(C)NC(=O)NCCn1ccnc1-c1cnccn1. The van der Waals surface area contributed by atoms with Gasteiger partial charge in [0, 0.05) is 43.4 Å². The quantitative estimate of drug-likeness (QED) is 0.891. The lowest BCUT2D eigenvalue weighted by Crippen LogP contribution is -2.47. The van der Waals surface area contributed by atoms with Gasteiger partial charge in [0.25, 0.3) is 0 Å². The molecular formula is C14H20N6O. The number of carbonyl (C=O) groups excluding carboxylic acids is 1. The van der Waals surface area contributed by atoms with Gasteiger partial charge >= 0.3 is 6.03 Å². The van der Waals surface area contributed by atoms with Gasteiger partial charge in [-0.05, 0) is 20.8 Å². The van der Waals surface area contributed by atoms with Crippen LogP contribution in [0, 0.1) is 0 Å². The highest BCUT2D eigenvalue weighted by Gasteiger charge is 2.13. The molecule has 2 amide bonds. The number of aromatic nitrogens is 4. The maximum Gasteiger partial charge on any atom is 0.315 e.